The molecule has 3 amide bonds. The molecule has 0 spiro atoms. The summed E-state index contributed by atoms with van der Waals surface area (Å²) >= 11 is 7.22. The van der Waals surface area contributed by atoms with Crippen molar-refractivity contribution < 1.29 is 14.4 Å². The summed E-state index contributed by atoms with van der Waals surface area (Å²) in [5, 5.41) is 7.18. The van der Waals surface area contributed by atoms with Crippen molar-refractivity contribution in [1.29, 1.82) is 0 Å². The summed E-state index contributed by atoms with van der Waals surface area (Å²) in [7, 11) is 0. The molecule has 176 valence electrons. The molecule has 0 atom stereocenters. The van der Waals surface area contributed by atoms with Gasteiger partial charge in [0.1, 0.15) is 10.7 Å². The molecular formula is C25H25ClN4O3S. The average molecular weight is 497 g/mol. The van der Waals surface area contributed by atoms with E-state index in [1.807, 2.05) is 29.2 Å². The van der Waals surface area contributed by atoms with Crippen molar-refractivity contribution in [3.05, 3.63) is 52.5 Å². The fourth-order valence-corrected chi connectivity index (χ4v) is 6.05. The zero-order valence-electron chi connectivity index (χ0n) is 18.6. The van der Waals surface area contributed by atoms with Crippen LogP contribution in [0, 0.1) is 5.92 Å². The number of anilines is 2. The van der Waals surface area contributed by atoms with E-state index in [9.17, 15) is 14.4 Å². The lowest BCUT2D eigenvalue weighted by Crippen LogP contribution is -2.40. The molecular weight excluding hydrogens is 472 g/mol. The number of thiophene rings is 1. The molecule has 2 fully saturated rings. The zero-order chi connectivity index (χ0) is 23.7. The molecule has 0 radical (unpaired) electrons. The molecule has 2 aliphatic rings. The second-order valence-electron chi connectivity index (χ2n) is 8.80. The normalized spacial score (nSPS) is 20.5. The third-order valence-corrected chi connectivity index (χ3v) is 8.03. The number of amides is 3. The summed E-state index contributed by atoms with van der Waals surface area (Å²) in [5.74, 6) is 0.0832. The van der Waals surface area contributed by atoms with Crippen LogP contribution in [0.1, 0.15) is 48.2 Å². The Labute approximate surface area is 206 Å². The van der Waals surface area contributed by atoms with Crippen molar-refractivity contribution in [3.8, 4) is 0 Å². The highest BCUT2D eigenvalue weighted by molar-refractivity contribution is 7.21. The molecule has 1 saturated heterocycles. The number of hydrogen-bond donors (Lipinski definition) is 2. The number of hydrogen-bond acceptors (Lipinski definition) is 5. The Hall–Kier alpha value is -2.97. The van der Waals surface area contributed by atoms with Crippen molar-refractivity contribution >= 4 is 62.3 Å². The van der Waals surface area contributed by atoms with E-state index in [0.29, 0.717) is 27.8 Å². The molecule has 1 aromatic carbocycles. The number of nitrogens with one attached hydrogen (secondary N) is 2. The maximum atomic E-state index is 13.2. The first kappa shape index (κ1) is 22.8. The van der Waals surface area contributed by atoms with Crippen LogP contribution in [0.2, 0.25) is 5.02 Å². The Morgan fingerprint density at radius 2 is 1.85 bits per heavy atom. The number of fused-ring (bicyclic) bond motifs is 1. The second kappa shape index (κ2) is 9.72. The first-order valence-corrected chi connectivity index (χ1v) is 12.7. The van der Waals surface area contributed by atoms with Crippen LogP contribution in [0.5, 0.6) is 0 Å². The number of halogens is 1. The van der Waals surface area contributed by atoms with E-state index in [2.05, 4.69) is 15.6 Å². The molecule has 1 aliphatic carbocycles. The van der Waals surface area contributed by atoms with Gasteiger partial charge in [-0.25, -0.2) is 4.98 Å². The second-order valence-corrected chi connectivity index (χ2v) is 10.3. The van der Waals surface area contributed by atoms with Gasteiger partial charge >= 0.3 is 0 Å². The van der Waals surface area contributed by atoms with Gasteiger partial charge in [-0.1, -0.05) is 29.8 Å². The van der Waals surface area contributed by atoms with Crippen LogP contribution < -0.4 is 10.6 Å². The number of benzene rings is 1. The van der Waals surface area contributed by atoms with Gasteiger partial charge in [0.25, 0.3) is 5.91 Å². The van der Waals surface area contributed by atoms with E-state index in [4.69, 9.17) is 11.6 Å². The smallest absolute Gasteiger partial charge is 0.269 e. The molecule has 1 saturated carbocycles. The summed E-state index contributed by atoms with van der Waals surface area (Å²) in [6, 6.07) is 11.2. The summed E-state index contributed by atoms with van der Waals surface area (Å²) in [6.07, 6.45) is 6.18. The minimum absolute atomic E-state index is 0.0755. The largest absolute Gasteiger partial charge is 0.340 e. The third kappa shape index (κ3) is 4.65. The maximum absolute atomic E-state index is 13.2. The summed E-state index contributed by atoms with van der Waals surface area (Å²) in [4.78, 5) is 45.0. The van der Waals surface area contributed by atoms with Gasteiger partial charge in [-0.05, 0) is 50.3 Å². The van der Waals surface area contributed by atoms with Gasteiger partial charge in [-0.3, -0.25) is 14.4 Å². The Morgan fingerprint density at radius 3 is 2.56 bits per heavy atom. The van der Waals surface area contributed by atoms with Crippen LogP contribution >= 0.6 is 22.9 Å². The Kier molecular flexibility index (Phi) is 6.52. The van der Waals surface area contributed by atoms with Crippen molar-refractivity contribution in [1.82, 2.24) is 9.88 Å². The number of rotatable bonds is 5. The van der Waals surface area contributed by atoms with Crippen LogP contribution in [0.15, 0.2) is 42.6 Å². The lowest BCUT2D eigenvalue weighted by molar-refractivity contribution is -0.130. The number of carbonyl (C=O) groups excluding carboxylic acids is 3. The fraction of sp³-hybridized carbons (Fsp3) is 0.360. The zero-order valence-corrected chi connectivity index (χ0v) is 20.1. The number of pyridine rings is 1. The predicted molar refractivity (Wildman–Crippen MR) is 134 cm³/mol. The monoisotopic (exact) mass is 496 g/mol. The molecule has 34 heavy (non-hydrogen) atoms. The topological polar surface area (TPSA) is 91.4 Å². The van der Waals surface area contributed by atoms with E-state index in [-0.39, 0.29) is 29.7 Å². The van der Waals surface area contributed by atoms with E-state index in [0.717, 1.165) is 48.7 Å². The van der Waals surface area contributed by atoms with Gasteiger partial charge in [-0.2, -0.15) is 0 Å². The average Bonchev–Trinajstić information content (AvgIpc) is 3.44. The van der Waals surface area contributed by atoms with Crippen molar-refractivity contribution in [3.63, 3.8) is 0 Å². The van der Waals surface area contributed by atoms with Gasteiger partial charge in [0.15, 0.2) is 0 Å². The molecule has 5 rings (SSSR count). The lowest BCUT2D eigenvalue weighted by atomic mass is 9.84. The maximum Gasteiger partial charge on any atom is 0.269 e. The Balaban J connectivity index is 1.32. The summed E-state index contributed by atoms with van der Waals surface area (Å²) < 4.78 is 0.920. The van der Waals surface area contributed by atoms with E-state index < -0.39 is 0 Å². The molecule has 2 N–H and O–H groups in total. The lowest BCUT2D eigenvalue weighted by Gasteiger charge is -2.34. The highest BCUT2D eigenvalue weighted by atomic mass is 35.5. The van der Waals surface area contributed by atoms with E-state index in [1.165, 1.54) is 17.5 Å². The SMILES string of the molecule is O=C(Nc1ccc(Cl)cn1)c1sc2ccccc2c1NC(=O)[C@H]1CC[C@H](N2CCCC2=O)CC1. The van der Waals surface area contributed by atoms with Crippen LogP contribution in [0.4, 0.5) is 11.5 Å². The molecule has 0 unspecified atom stereocenters. The molecule has 9 heteroatoms. The number of nitrogens with zero attached hydrogens (tertiary/aromatic N) is 2. The highest BCUT2D eigenvalue weighted by Crippen LogP contribution is 2.38. The standard InChI is InChI=1S/C25H25ClN4O3S/c26-16-9-12-20(27-14-16)28-25(33)23-22(18-4-1-2-5-19(18)34-23)29-24(32)15-7-10-17(11-8-15)30-13-3-6-21(30)31/h1-2,4-5,9,12,14-15,17H,3,6-8,10-11,13H2,(H,29,32)(H,27,28,33)/t15-,17-. The van der Waals surface area contributed by atoms with Crippen LogP contribution in [0.3, 0.4) is 0 Å². The number of aromatic nitrogens is 1. The van der Waals surface area contributed by atoms with E-state index in [1.54, 1.807) is 12.1 Å². The minimum atomic E-state index is -0.331. The van der Waals surface area contributed by atoms with Gasteiger partial charge < -0.3 is 15.5 Å². The first-order valence-electron chi connectivity index (χ1n) is 11.5. The van der Waals surface area contributed by atoms with Crippen molar-refractivity contribution in [2.75, 3.05) is 17.2 Å². The van der Waals surface area contributed by atoms with Gasteiger partial charge in [0.2, 0.25) is 11.8 Å². The van der Waals surface area contributed by atoms with Crippen molar-refractivity contribution in [2.24, 2.45) is 5.92 Å². The molecule has 2 aromatic heterocycles. The quantitative estimate of drug-likeness (QED) is 0.500. The molecule has 3 aromatic rings. The molecule has 1 aliphatic heterocycles. The predicted octanol–water partition coefficient (Wildman–Crippen LogP) is 5.32. The fourth-order valence-electron chi connectivity index (χ4n) is 4.88. The van der Waals surface area contributed by atoms with E-state index >= 15 is 0 Å². The number of carbonyl (C=O) groups is 3. The van der Waals surface area contributed by atoms with Gasteiger partial charge in [0.05, 0.1) is 10.7 Å². The minimum Gasteiger partial charge on any atom is -0.340 e. The molecule has 0 bridgehead atoms. The van der Waals surface area contributed by atoms with Crippen LogP contribution in [-0.2, 0) is 9.59 Å². The molecule has 7 nitrogen and oxygen atoms in total. The first-order chi connectivity index (χ1) is 16.5. The van der Waals surface area contributed by atoms with Crippen LogP contribution in [0.25, 0.3) is 10.1 Å². The Bertz CT molecular complexity index is 1230. The van der Waals surface area contributed by atoms with Crippen molar-refractivity contribution in [2.45, 2.75) is 44.6 Å². The Morgan fingerprint density at radius 1 is 1.06 bits per heavy atom. The summed E-state index contributed by atoms with van der Waals surface area (Å²) in [6.45, 7) is 0.836. The van der Waals surface area contributed by atoms with Gasteiger partial charge in [-0.15, -0.1) is 11.3 Å². The summed E-state index contributed by atoms with van der Waals surface area (Å²) in [5.41, 5.74) is 0.536. The number of likely N-dealkylation sites (tertiary alicyclic amines) is 1. The van der Waals surface area contributed by atoms with Gasteiger partial charge in [0, 0.05) is 41.2 Å². The third-order valence-electron chi connectivity index (χ3n) is 6.64. The van der Waals surface area contributed by atoms with Crippen LogP contribution in [-0.4, -0.2) is 40.2 Å². The highest BCUT2D eigenvalue weighted by Gasteiger charge is 2.34. The molecule has 3 heterocycles.